The van der Waals surface area contributed by atoms with Crippen molar-refractivity contribution >= 4 is 22.4 Å². The molecule has 5 nitrogen and oxygen atoms in total. The average Bonchev–Trinajstić information content (AvgIpc) is 3.15. The van der Waals surface area contributed by atoms with Crippen molar-refractivity contribution in [3.05, 3.63) is 11.1 Å². The third-order valence-electron chi connectivity index (χ3n) is 4.38. The van der Waals surface area contributed by atoms with Crippen LogP contribution >= 0.6 is 11.3 Å². The van der Waals surface area contributed by atoms with Crippen molar-refractivity contribution < 1.29 is 18.0 Å². The Morgan fingerprint density at radius 2 is 1.96 bits per heavy atom. The van der Waals surface area contributed by atoms with Crippen LogP contribution in [0.3, 0.4) is 0 Å². The monoisotopic (exact) mass is 348 g/mol. The summed E-state index contributed by atoms with van der Waals surface area (Å²) in [7, 11) is 2.01. The van der Waals surface area contributed by atoms with Crippen molar-refractivity contribution in [3.8, 4) is 0 Å². The average molecular weight is 348 g/mol. The summed E-state index contributed by atoms with van der Waals surface area (Å²) in [6, 6.07) is -0.384. The molecule has 3 heterocycles. The Bertz CT molecular complexity index is 569. The Balaban J connectivity index is 1.72. The van der Waals surface area contributed by atoms with Crippen LogP contribution in [0.1, 0.15) is 18.5 Å². The molecule has 0 N–H and O–H groups in total. The normalized spacial score (nSPS) is 23.6. The number of alkyl halides is 3. The fraction of sp³-hybridized carbons (Fsp3) is 0.714. The predicted octanol–water partition coefficient (Wildman–Crippen LogP) is 1.90. The lowest BCUT2D eigenvalue weighted by Gasteiger charge is -2.35. The summed E-state index contributed by atoms with van der Waals surface area (Å²) in [5.74, 6) is 0.0133. The number of amides is 1. The number of aromatic nitrogens is 1. The van der Waals surface area contributed by atoms with Gasteiger partial charge in [0.1, 0.15) is 6.04 Å². The van der Waals surface area contributed by atoms with Crippen molar-refractivity contribution in [2.75, 3.05) is 44.7 Å². The van der Waals surface area contributed by atoms with E-state index in [0.717, 1.165) is 36.2 Å². The maximum atomic E-state index is 12.7. The summed E-state index contributed by atoms with van der Waals surface area (Å²) >= 11 is 0.958. The minimum absolute atomic E-state index is 0.0133. The highest BCUT2D eigenvalue weighted by molar-refractivity contribution is 7.13. The number of halogens is 3. The molecule has 0 unspecified atom stereocenters. The van der Waals surface area contributed by atoms with E-state index in [9.17, 15) is 18.0 Å². The summed E-state index contributed by atoms with van der Waals surface area (Å²) < 4.78 is 38.2. The molecule has 0 bridgehead atoms. The zero-order valence-corrected chi connectivity index (χ0v) is 13.7. The molecule has 1 atom stereocenters. The van der Waals surface area contributed by atoms with Gasteiger partial charge in [0.2, 0.25) is 5.91 Å². The Morgan fingerprint density at radius 3 is 2.57 bits per heavy atom. The molecule has 0 saturated carbocycles. The van der Waals surface area contributed by atoms with Crippen molar-refractivity contribution in [3.63, 3.8) is 0 Å². The second-order valence-corrected chi connectivity index (χ2v) is 6.83. The first-order chi connectivity index (χ1) is 10.9. The van der Waals surface area contributed by atoms with Crippen LogP contribution < -0.4 is 4.90 Å². The first-order valence-electron chi connectivity index (χ1n) is 7.63. The van der Waals surface area contributed by atoms with Crippen LogP contribution in [0.25, 0.3) is 0 Å². The highest BCUT2D eigenvalue weighted by Gasteiger charge is 2.38. The van der Waals surface area contributed by atoms with Crippen LogP contribution in [0, 0.1) is 0 Å². The maximum absolute atomic E-state index is 12.7. The Morgan fingerprint density at radius 1 is 1.26 bits per heavy atom. The molecule has 23 heavy (non-hydrogen) atoms. The van der Waals surface area contributed by atoms with Crippen LogP contribution in [0.5, 0.6) is 0 Å². The molecule has 128 valence electrons. The highest BCUT2D eigenvalue weighted by Crippen LogP contribution is 2.35. The number of nitrogens with zero attached hydrogens (tertiary/aromatic N) is 4. The lowest BCUT2D eigenvalue weighted by molar-refractivity contribution is -0.140. The van der Waals surface area contributed by atoms with Gasteiger partial charge in [0.05, 0.1) is 0 Å². The third kappa shape index (κ3) is 3.45. The predicted molar refractivity (Wildman–Crippen MR) is 81.6 cm³/mol. The van der Waals surface area contributed by atoms with Crippen LogP contribution in [0.2, 0.25) is 0 Å². The molecule has 2 saturated heterocycles. The molecule has 1 aromatic rings. The smallest absolute Gasteiger partial charge is 0.338 e. The number of piperazine rings is 1. The number of likely N-dealkylation sites (N-methyl/N-ethyl adjacent to an activating group) is 1. The molecule has 0 aliphatic carbocycles. The second kappa shape index (κ2) is 6.27. The van der Waals surface area contributed by atoms with Gasteiger partial charge in [-0.2, -0.15) is 13.2 Å². The molecular weight excluding hydrogens is 329 g/mol. The number of anilines is 1. The van der Waals surface area contributed by atoms with Crippen LogP contribution in [-0.2, 0) is 11.0 Å². The van der Waals surface area contributed by atoms with Gasteiger partial charge >= 0.3 is 6.18 Å². The molecule has 9 heteroatoms. The molecule has 2 aliphatic rings. The van der Waals surface area contributed by atoms with E-state index in [1.54, 1.807) is 4.90 Å². The van der Waals surface area contributed by atoms with E-state index in [1.807, 2.05) is 11.9 Å². The molecule has 0 radical (unpaired) electrons. The van der Waals surface area contributed by atoms with Gasteiger partial charge in [-0.1, -0.05) is 0 Å². The summed E-state index contributed by atoms with van der Waals surface area (Å²) in [4.78, 5) is 22.1. The first-order valence-corrected chi connectivity index (χ1v) is 8.51. The maximum Gasteiger partial charge on any atom is 0.434 e. The molecule has 0 spiro atoms. The Labute approximate surface area is 136 Å². The second-order valence-electron chi connectivity index (χ2n) is 5.99. The van der Waals surface area contributed by atoms with Gasteiger partial charge in [0.25, 0.3) is 0 Å². The van der Waals surface area contributed by atoms with E-state index in [4.69, 9.17) is 0 Å². The Kier molecular flexibility index (Phi) is 4.50. The largest absolute Gasteiger partial charge is 0.434 e. The van der Waals surface area contributed by atoms with Crippen LogP contribution in [0.4, 0.5) is 18.3 Å². The molecule has 2 aliphatic heterocycles. The molecule has 0 aromatic carbocycles. The summed E-state index contributed by atoms with van der Waals surface area (Å²) in [6.45, 7) is 3.58. The molecule has 1 amide bonds. The van der Waals surface area contributed by atoms with Crippen molar-refractivity contribution in [1.82, 2.24) is 14.8 Å². The van der Waals surface area contributed by atoms with Gasteiger partial charge in [-0.05, 0) is 19.9 Å². The van der Waals surface area contributed by atoms with E-state index in [-0.39, 0.29) is 11.9 Å². The summed E-state index contributed by atoms with van der Waals surface area (Å²) in [6.07, 6.45) is -2.97. The Hall–Kier alpha value is -1.35. The van der Waals surface area contributed by atoms with Gasteiger partial charge in [-0.15, -0.1) is 11.3 Å². The summed E-state index contributed by atoms with van der Waals surface area (Å²) in [5.41, 5.74) is -0.879. The lowest BCUT2D eigenvalue weighted by Crippen LogP contribution is -2.53. The van der Waals surface area contributed by atoms with Gasteiger partial charge in [-0.25, -0.2) is 4.98 Å². The van der Waals surface area contributed by atoms with Crippen molar-refractivity contribution in [2.45, 2.75) is 25.1 Å². The van der Waals surface area contributed by atoms with Gasteiger partial charge in [0, 0.05) is 38.1 Å². The quantitative estimate of drug-likeness (QED) is 0.819. The van der Waals surface area contributed by atoms with E-state index in [0.29, 0.717) is 31.2 Å². The van der Waals surface area contributed by atoms with Crippen LogP contribution in [0.15, 0.2) is 5.38 Å². The topological polar surface area (TPSA) is 39.7 Å². The molecule has 2 fully saturated rings. The van der Waals surface area contributed by atoms with Gasteiger partial charge in [0.15, 0.2) is 10.8 Å². The minimum atomic E-state index is -4.44. The number of carbonyl (C=O) groups is 1. The zero-order valence-electron chi connectivity index (χ0n) is 12.8. The number of hydrogen-bond donors (Lipinski definition) is 0. The number of rotatable bonds is 2. The summed E-state index contributed by atoms with van der Waals surface area (Å²) in [5, 5.41) is 1.31. The number of carbonyl (C=O) groups excluding carboxylic acids is 1. The van der Waals surface area contributed by atoms with Crippen LogP contribution in [-0.4, -0.2) is 66.5 Å². The van der Waals surface area contributed by atoms with Crippen molar-refractivity contribution in [2.24, 2.45) is 0 Å². The number of thiazole rings is 1. The van der Waals surface area contributed by atoms with E-state index in [2.05, 4.69) is 9.88 Å². The fourth-order valence-corrected chi connectivity index (χ4v) is 3.92. The van der Waals surface area contributed by atoms with Crippen molar-refractivity contribution in [1.29, 1.82) is 0 Å². The third-order valence-corrected chi connectivity index (χ3v) is 5.26. The number of hydrogen-bond acceptors (Lipinski definition) is 5. The lowest BCUT2D eigenvalue weighted by atomic mass is 10.2. The van der Waals surface area contributed by atoms with E-state index in [1.165, 1.54) is 0 Å². The molecule has 3 rings (SSSR count). The fourth-order valence-electron chi connectivity index (χ4n) is 3.02. The van der Waals surface area contributed by atoms with E-state index >= 15 is 0 Å². The standard InChI is InChI=1S/C14H19F3N4OS/c1-19-5-7-20(8-6-19)12(22)10-3-2-4-21(10)13-18-11(9-23-13)14(15,16)17/h9-10H,2-8H2,1H3/t10-/m0/s1. The van der Waals surface area contributed by atoms with Gasteiger partial charge < -0.3 is 14.7 Å². The molecule has 1 aromatic heterocycles. The van der Waals surface area contributed by atoms with E-state index < -0.39 is 11.9 Å². The van der Waals surface area contributed by atoms with Gasteiger partial charge in [-0.3, -0.25) is 4.79 Å². The minimum Gasteiger partial charge on any atom is -0.338 e. The zero-order chi connectivity index (χ0) is 16.6. The highest BCUT2D eigenvalue weighted by atomic mass is 32.1. The first kappa shape index (κ1) is 16.5. The molecular formula is C14H19F3N4OS. The SMILES string of the molecule is CN1CCN(C(=O)[C@@H]2CCCN2c2nc(C(F)(F)F)cs2)CC1.